The van der Waals surface area contributed by atoms with Gasteiger partial charge in [-0.25, -0.2) is 0 Å². The molecule has 1 amide bonds. The van der Waals surface area contributed by atoms with Crippen molar-refractivity contribution in [3.8, 4) is 0 Å². The van der Waals surface area contributed by atoms with Gasteiger partial charge in [-0.3, -0.25) is 9.53 Å². The van der Waals surface area contributed by atoms with E-state index in [9.17, 15) is 4.79 Å². The summed E-state index contributed by atoms with van der Waals surface area (Å²) in [5, 5.41) is 11.6. The number of carbonyl (C=O) groups excluding carboxylic acids is 1. The van der Waals surface area contributed by atoms with Crippen LogP contribution in [-0.4, -0.2) is 17.3 Å². The third kappa shape index (κ3) is 6.19. The Morgan fingerprint density at radius 3 is 2.70 bits per heavy atom. The number of aromatic nitrogens is 2. The fourth-order valence-corrected chi connectivity index (χ4v) is 1.78. The Labute approximate surface area is 145 Å². The van der Waals surface area contributed by atoms with E-state index in [1.165, 1.54) is 6.21 Å². The van der Waals surface area contributed by atoms with Gasteiger partial charge in [-0.15, -0.1) is 0 Å². The maximum atomic E-state index is 11.1. The first-order valence-corrected chi connectivity index (χ1v) is 6.23. The summed E-state index contributed by atoms with van der Waals surface area (Å²) in [6.07, 6.45) is 6.53. The Morgan fingerprint density at radius 2 is 2.00 bits per heavy atom. The molecular weight excluding hydrogens is 343 g/mol. The van der Waals surface area contributed by atoms with Crippen LogP contribution < -0.4 is 39.7 Å². The molecule has 0 aliphatic heterocycles. The first-order chi connectivity index (χ1) is 10.2. The number of nitrogens with two attached hydrogens (primary N) is 1. The third-order valence-electron chi connectivity index (χ3n) is 2.78. The predicted molar refractivity (Wildman–Crippen MR) is 72.3 cm³/mol. The summed E-state index contributed by atoms with van der Waals surface area (Å²) >= 11 is 0. The van der Waals surface area contributed by atoms with Gasteiger partial charge >= 0.3 is 0 Å². The lowest BCUT2D eigenvalue weighted by atomic mass is 10.3. The van der Waals surface area contributed by atoms with E-state index in [2.05, 4.69) is 5.16 Å². The van der Waals surface area contributed by atoms with E-state index in [4.69, 9.17) is 15.7 Å². The lowest BCUT2D eigenvalue weighted by Crippen LogP contribution is -3.00. The van der Waals surface area contributed by atoms with E-state index in [1.54, 1.807) is 39.7 Å². The maximum Gasteiger partial charge on any atom is 0.258 e. The number of carbonyl (C=O) groups is 1. The summed E-state index contributed by atoms with van der Waals surface area (Å²) in [4.78, 5) is 11.1. The van der Waals surface area contributed by atoms with Crippen molar-refractivity contribution < 1.29 is 48.7 Å². The first-order valence-electron chi connectivity index (χ1n) is 6.23. The molecule has 9 heteroatoms. The molecule has 23 heavy (non-hydrogen) atoms. The van der Waals surface area contributed by atoms with Gasteiger partial charge < -0.3 is 35.8 Å². The van der Waals surface area contributed by atoms with Gasteiger partial charge in [-0.1, -0.05) is 5.16 Å². The molecule has 7 nitrogen and oxygen atoms in total. The van der Waals surface area contributed by atoms with Crippen molar-refractivity contribution in [1.29, 1.82) is 0 Å². The molecule has 0 radical (unpaired) electrons. The molecule has 2 heterocycles. The minimum absolute atomic E-state index is 0. The van der Waals surface area contributed by atoms with Crippen LogP contribution in [0.4, 0.5) is 0 Å². The SMILES string of the molecule is NC(=O)c1ccc[n+](COC[n+]2ccccc2/C=N\O)c1.[Cl-].[Cl-]. The van der Waals surface area contributed by atoms with Crippen molar-refractivity contribution in [2.24, 2.45) is 10.9 Å². The average molecular weight is 359 g/mol. The second-order valence-electron chi connectivity index (χ2n) is 4.27. The summed E-state index contributed by atoms with van der Waals surface area (Å²) in [6.45, 7) is 0.536. The Kier molecular flexibility index (Phi) is 9.48. The van der Waals surface area contributed by atoms with Crippen LogP contribution in [-0.2, 0) is 18.2 Å². The molecule has 2 aromatic heterocycles. The summed E-state index contributed by atoms with van der Waals surface area (Å²) in [5.41, 5.74) is 6.34. The highest BCUT2D eigenvalue weighted by atomic mass is 35.5. The fraction of sp³-hybridized carbons (Fsp3) is 0.143. The van der Waals surface area contributed by atoms with Crippen molar-refractivity contribution in [2.45, 2.75) is 13.5 Å². The van der Waals surface area contributed by atoms with Crippen LogP contribution in [0.25, 0.3) is 0 Å². The molecule has 0 bridgehead atoms. The first kappa shape index (κ1) is 20.8. The molecule has 0 saturated carbocycles. The Balaban J connectivity index is 0.00000242. The van der Waals surface area contributed by atoms with E-state index in [0.717, 1.165) is 0 Å². The summed E-state index contributed by atoms with van der Waals surface area (Å²) in [7, 11) is 0. The highest BCUT2D eigenvalue weighted by Gasteiger charge is 2.10. The molecule has 0 aliphatic rings. The van der Waals surface area contributed by atoms with E-state index in [-0.39, 0.29) is 38.3 Å². The zero-order chi connectivity index (χ0) is 15.1. The van der Waals surface area contributed by atoms with Crippen molar-refractivity contribution in [1.82, 2.24) is 0 Å². The molecule has 2 rings (SSSR count). The van der Waals surface area contributed by atoms with Gasteiger partial charge in [0.15, 0.2) is 18.6 Å². The van der Waals surface area contributed by atoms with Gasteiger partial charge in [0.25, 0.3) is 19.4 Å². The highest BCUT2D eigenvalue weighted by molar-refractivity contribution is 5.92. The number of rotatable bonds is 6. The lowest BCUT2D eigenvalue weighted by Gasteiger charge is -2.01. The molecule has 3 N–H and O–H groups in total. The average Bonchev–Trinajstić information content (AvgIpc) is 2.49. The summed E-state index contributed by atoms with van der Waals surface area (Å²) in [6, 6.07) is 8.84. The largest absolute Gasteiger partial charge is 1.00 e. The van der Waals surface area contributed by atoms with E-state index in [0.29, 0.717) is 11.3 Å². The topological polar surface area (TPSA) is 92.7 Å². The van der Waals surface area contributed by atoms with E-state index >= 15 is 0 Å². The molecule has 0 atom stereocenters. The van der Waals surface area contributed by atoms with Gasteiger partial charge in [0.2, 0.25) is 5.69 Å². The van der Waals surface area contributed by atoms with Crippen LogP contribution in [0.15, 0.2) is 54.1 Å². The molecule has 0 aromatic carbocycles. The van der Waals surface area contributed by atoms with Crippen molar-refractivity contribution >= 4 is 12.1 Å². The zero-order valence-electron chi connectivity index (χ0n) is 12.0. The monoisotopic (exact) mass is 358 g/mol. The van der Waals surface area contributed by atoms with Gasteiger partial charge in [0, 0.05) is 18.2 Å². The predicted octanol–water partition coefficient (Wildman–Crippen LogP) is -6.19. The maximum absolute atomic E-state index is 11.1. The minimum atomic E-state index is -0.483. The van der Waals surface area contributed by atoms with Crippen LogP contribution in [0, 0.1) is 0 Å². The normalized spacial score (nSPS) is 9.91. The number of hydrogen-bond acceptors (Lipinski definition) is 4. The summed E-state index contributed by atoms with van der Waals surface area (Å²) < 4.78 is 9.05. The Bertz CT molecular complexity index is 668. The van der Waals surface area contributed by atoms with Gasteiger partial charge in [-0.2, -0.15) is 9.13 Å². The standard InChI is InChI=1S/C14H14N4O3.2ClH/c15-14(19)12-4-3-6-17(9-12)10-21-11-18-7-2-1-5-13(18)8-16-20;;/h1-9H,10-11H2,(H-,15,19);2*1H. The number of oxime groups is 1. The zero-order valence-corrected chi connectivity index (χ0v) is 13.6. The number of ether oxygens (including phenoxy) is 1. The molecule has 0 saturated heterocycles. The molecule has 0 unspecified atom stereocenters. The van der Waals surface area contributed by atoms with Crippen LogP contribution in [0.5, 0.6) is 0 Å². The van der Waals surface area contributed by atoms with Crippen molar-refractivity contribution in [3.05, 3.63) is 60.2 Å². The molecule has 0 spiro atoms. The van der Waals surface area contributed by atoms with Crippen LogP contribution >= 0.6 is 0 Å². The smallest absolute Gasteiger partial charge is 0.258 e. The van der Waals surface area contributed by atoms with Gasteiger partial charge in [-0.05, 0) is 12.1 Å². The number of pyridine rings is 2. The molecule has 0 aliphatic carbocycles. The van der Waals surface area contributed by atoms with E-state index < -0.39 is 5.91 Å². The van der Waals surface area contributed by atoms with Crippen LogP contribution in [0.2, 0.25) is 0 Å². The van der Waals surface area contributed by atoms with Gasteiger partial charge in [0.1, 0.15) is 11.8 Å². The van der Waals surface area contributed by atoms with Crippen LogP contribution in [0.1, 0.15) is 16.1 Å². The number of halogens is 2. The van der Waals surface area contributed by atoms with Crippen molar-refractivity contribution in [2.75, 3.05) is 0 Å². The number of amides is 1. The van der Waals surface area contributed by atoms with Crippen LogP contribution in [0.3, 0.4) is 0 Å². The third-order valence-corrected chi connectivity index (χ3v) is 2.78. The second kappa shape index (κ2) is 10.5. The molecule has 124 valence electrons. The van der Waals surface area contributed by atoms with E-state index in [1.807, 2.05) is 18.3 Å². The lowest BCUT2D eigenvalue weighted by molar-refractivity contribution is -0.788. The quantitative estimate of drug-likeness (QED) is 0.233. The number of primary amides is 1. The minimum Gasteiger partial charge on any atom is -1.00 e. The van der Waals surface area contributed by atoms with Gasteiger partial charge in [0.05, 0.1) is 0 Å². The Morgan fingerprint density at radius 1 is 1.22 bits per heavy atom. The fourth-order valence-electron chi connectivity index (χ4n) is 1.78. The number of nitrogens with zero attached hydrogens (tertiary/aromatic N) is 3. The second-order valence-corrected chi connectivity index (χ2v) is 4.27. The molecule has 0 fully saturated rings. The highest BCUT2D eigenvalue weighted by Crippen LogP contribution is 1.92. The molecule has 2 aromatic rings. The van der Waals surface area contributed by atoms with Crippen molar-refractivity contribution in [3.63, 3.8) is 0 Å². The summed E-state index contributed by atoms with van der Waals surface area (Å²) in [5.74, 6) is -0.483. The molecular formula is C14H16Cl2N4O3. The number of hydrogen-bond donors (Lipinski definition) is 2. The Hall–Kier alpha value is -2.22.